The summed E-state index contributed by atoms with van der Waals surface area (Å²) in [5, 5.41) is 0. The fourth-order valence-corrected chi connectivity index (χ4v) is 4.63. The van der Waals surface area contributed by atoms with E-state index in [-0.39, 0.29) is 5.91 Å². The van der Waals surface area contributed by atoms with Crippen LogP contribution in [0.1, 0.15) is 46.6 Å². The molecule has 2 heterocycles. The van der Waals surface area contributed by atoms with Crippen LogP contribution >= 0.6 is 0 Å². The average Bonchev–Trinajstić information content (AvgIpc) is 2.81. The number of nitrogens with zero attached hydrogens (tertiary/aromatic N) is 3. The normalized spacial score (nSPS) is 17.5. The lowest BCUT2D eigenvalue weighted by Gasteiger charge is -2.41. The zero-order chi connectivity index (χ0) is 22.9. The van der Waals surface area contributed by atoms with Crippen LogP contribution in [0.2, 0.25) is 0 Å². The first kappa shape index (κ1) is 21.8. The van der Waals surface area contributed by atoms with Gasteiger partial charge in [-0.25, -0.2) is 5.43 Å². The van der Waals surface area contributed by atoms with Crippen LogP contribution in [-0.4, -0.2) is 38.1 Å². The molecule has 0 bridgehead atoms. The van der Waals surface area contributed by atoms with Gasteiger partial charge in [-0.3, -0.25) is 15.2 Å². The number of anilines is 2. The number of hydrazine groups is 1. The van der Waals surface area contributed by atoms with E-state index in [9.17, 15) is 4.79 Å². The van der Waals surface area contributed by atoms with Gasteiger partial charge in [0.2, 0.25) is 0 Å². The molecule has 1 aliphatic rings. The van der Waals surface area contributed by atoms with Crippen molar-refractivity contribution in [1.29, 1.82) is 0 Å². The molecule has 6 nitrogen and oxygen atoms in total. The van der Waals surface area contributed by atoms with Gasteiger partial charge in [0.05, 0.1) is 0 Å². The van der Waals surface area contributed by atoms with Crippen LogP contribution in [0.15, 0.2) is 60.8 Å². The SMILES string of the molecule is CCN(CC)c1ccc(C2(c3ccc(N(C)C)cc3)NNC(=O)c3ncccc32)c(C)c1. The Morgan fingerprint density at radius 2 is 1.62 bits per heavy atom. The first-order chi connectivity index (χ1) is 15.4. The van der Waals surface area contributed by atoms with E-state index in [0.29, 0.717) is 5.69 Å². The molecule has 0 saturated carbocycles. The number of carbonyl (C=O) groups excluding carboxylic acids is 1. The van der Waals surface area contributed by atoms with Crippen LogP contribution in [0, 0.1) is 6.92 Å². The first-order valence-corrected chi connectivity index (χ1v) is 11.1. The number of benzene rings is 2. The van der Waals surface area contributed by atoms with Gasteiger partial charge in [-0.05, 0) is 67.8 Å². The van der Waals surface area contributed by atoms with E-state index in [4.69, 9.17) is 0 Å². The molecule has 0 fully saturated rings. The Labute approximate surface area is 190 Å². The highest BCUT2D eigenvalue weighted by atomic mass is 16.2. The number of aromatic nitrogens is 1. The van der Waals surface area contributed by atoms with Crippen LogP contribution in [0.25, 0.3) is 0 Å². The van der Waals surface area contributed by atoms with Gasteiger partial charge in [0.1, 0.15) is 11.2 Å². The predicted octanol–water partition coefficient (Wildman–Crippen LogP) is 3.84. The van der Waals surface area contributed by atoms with Crippen molar-refractivity contribution < 1.29 is 4.79 Å². The molecule has 166 valence electrons. The van der Waals surface area contributed by atoms with Crippen LogP contribution in [0.5, 0.6) is 0 Å². The van der Waals surface area contributed by atoms with Crippen molar-refractivity contribution in [2.45, 2.75) is 26.3 Å². The van der Waals surface area contributed by atoms with Crippen molar-refractivity contribution in [1.82, 2.24) is 15.8 Å². The topological polar surface area (TPSA) is 60.5 Å². The summed E-state index contributed by atoms with van der Waals surface area (Å²) in [7, 11) is 4.05. The Morgan fingerprint density at radius 3 is 2.25 bits per heavy atom. The third-order valence-electron chi connectivity index (χ3n) is 6.35. The summed E-state index contributed by atoms with van der Waals surface area (Å²) in [5.74, 6) is -0.224. The van der Waals surface area contributed by atoms with Crippen LogP contribution in [-0.2, 0) is 5.54 Å². The maximum absolute atomic E-state index is 12.6. The number of rotatable bonds is 6. The lowest BCUT2D eigenvalue weighted by molar-refractivity contribution is 0.0890. The number of pyridine rings is 1. The number of nitrogens with one attached hydrogen (secondary N) is 2. The van der Waals surface area contributed by atoms with Gasteiger partial charge in [0, 0.05) is 50.3 Å². The van der Waals surface area contributed by atoms with Gasteiger partial charge >= 0.3 is 0 Å². The quantitative estimate of drug-likeness (QED) is 0.623. The molecule has 32 heavy (non-hydrogen) atoms. The van der Waals surface area contributed by atoms with E-state index in [0.717, 1.165) is 41.0 Å². The molecule has 1 unspecified atom stereocenters. The van der Waals surface area contributed by atoms with Gasteiger partial charge in [0.15, 0.2) is 0 Å². The van der Waals surface area contributed by atoms with Crippen LogP contribution in [0.4, 0.5) is 11.4 Å². The molecular weight excluding hydrogens is 398 g/mol. The largest absolute Gasteiger partial charge is 0.378 e. The van der Waals surface area contributed by atoms with Gasteiger partial charge in [-0.2, -0.15) is 0 Å². The molecule has 1 amide bonds. The summed E-state index contributed by atoms with van der Waals surface area (Å²) in [6.07, 6.45) is 1.67. The fraction of sp³-hybridized carbons (Fsp3) is 0.308. The summed E-state index contributed by atoms with van der Waals surface area (Å²) < 4.78 is 0. The van der Waals surface area contributed by atoms with Crippen molar-refractivity contribution in [2.24, 2.45) is 0 Å². The van der Waals surface area contributed by atoms with Crippen molar-refractivity contribution >= 4 is 17.3 Å². The summed E-state index contributed by atoms with van der Waals surface area (Å²) in [4.78, 5) is 21.5. The van der Waals surface area contributed by atoms with Crippen LogP contribution in [0.3, 0.4) is 0 Å². The molecule has 1 aliphatic heterocycles. The van der Waals surface area contributed by atoms with Crippen molar-refractivity contribution in [2.75, 3.05) is 37.0 Å². The summed E-state index contributed by atoms with van der Waals surface area (Å²) >= 11 is 0. The zero-order valence-electron chi connectivity index (χ0n) is 19.4. The minimum atomic E-state index is -0.756. The van der Waals surface area contributed by atoms with Crippen LogP contribution < -0.4 is 20.7 Å². The van der Waals surface area contributed by atoms with Gasteiger partial charge in [0.25, 0.3) is 5.91 Å². The Bertz CT molecular complexity index is 1120. The highest BCUT2D eigenvalue weighted by Crippen LogP contribution is 2.42. The second-order valence-corrected chi connectivity index (χ2v) is 8.34. The van der Waals surface area contributed by atoms with Gasteiger partial charge in [-0.1, -0.05) is 24.3 Å². The van der Waals surface area contributed by atoms with E-state index >= 15 is 0 Å². The number of hydrogen-bond donors (Lipinski definition) is 2. The van der Waals surface area contributed by atoms with Gasteiger partial charge in [-0.15, -0.1) is 0 Å². The number of hydrogen-bond acceptors (Lipinski definition) is 5. The number of amides is 1. The van der Waals surface area contributed by atoms with E-state index in [1.807, 2.05) is 26.2 Å². The third kappa shape index (κ3) is 3.50. The lowest BCUT2D eigenvalue weighted by atomic mass is 9.74. The minimum absolute atomic E-state index is 0.224. The Hall–Kier alpha value is -3.38. The van der Waals surface area contributed by atoms with E-state index in [2.05, 4.69) is 88.9 Å². The monoisotopic (exact) mass is 429 g/mol. The minimum Gasteiger partial charge on any atom is -0.378 e. The molecule has 2 aromatic carbocycles. The molecular formula is C26H31N5O. The average molecular weight is 430 g/mol. The number of fused-ring (bicyclic) bond motifs is 1. The zero-order valence-corrected chi connectivity index (χ0v) is 19.4. The lowest BCUT2D eigenvalue weighted by Crippen LogP contribution is -2.58. The van der Waals surface area contributed by atoms with Crippen molar-refractivity contribution in [3.63, 3.8) is 0 Å². The molecule has 0 spiro atoms. The summed E-state index contributed by atoms with van der Waals surface area (Å²) in [6.45, 7) is 8.37. The number of carbonyl (C=O) groups is 1. The standard InChI is InChI=1S/C26H31N5O/c1-6-31(7-2)21-14-15-22(18(3)17-21)26(19-10-12-20(13-11-19)30(4)5)23-9-8-16-27-24(23)25(32)28-29-26/h8-17,29H,6-7H2,1-5H3,(H,28,32). The van der Waals surface area contributed by atoms with E-state index in [1.54, 1.807) is 6.20 Å². The molecule has 4 rings (SSSR count). The Kier molecular flexibility index (Phi) is 5.89. The molecule has 1 atom stereocenters. The first-order valence-electron chi connectivity index (χ1n) is 11.1. The number of aryl methyl sites for hydroxylation is 1. The van der Waals surface area contributed by atoms with Crippen molar-refractivity contribution in [3.05, 3.63) is 88.7 Å². The highest BCUT2D eigenvalue weighted by Gasteiger charge is 2.44. The molecule has 0 saturated heterocycles. The molecule has 6 heteroatoms. The highest BCUT2D eigenvalue weighted by molar-refractivity contribution is 5.95. The fourth-order valence-electron chi connectivity index (χ4n) is 4.63. The van der Waals surface area contributed by atoms with E-state index in [1.165, 1.54) is 5.69 Å². The Balaban J connectivity index is 1.96. The Morgan fingerprint density at radius 1 is 0.938 bits per heavy atom. The molecule has 0 radical (unpaired) electrons. The van der Waals surface area contributed by atoms with Gasteiger partial charge < -0.3 is 9.80 Å². The predicted molar refractivity (Wildman–Crippen MR) is 130 cm³/mol. The molecule has 3 aromatic rings. The molecule has 0 aliphatic carbocycles. The molecule has 2 N–H and O–H groups in total. The maximum Gasteiger partial charge on any atom is 0.284 e. The smallest absolute Gasteiger partial charge is 0.284 e. The van der Waals surface area contributed by atoms with Crippen molar-refractivity contribution in [3.8, 4) is 0 Å². The molecule has 1 aromatic heterocycles. The second-order valence-electron chi connectivity index (χ2n) is 8.34. The maximum atomic E-state index is 12.6. The van der Waals surface area contributed by atoms with E-state index < -0.39 is 5.54 Å². The summed E-state index contributed by atoms with van der Waals surface area (Å²) in [6, 6.07) is 18.9. The second kappa shape index (κ2) is 8.63. The third-order valence-corrected chi connectivity index (χ3v) is 6.35. The summed E-state index contributed by atoms with van der Waals surface area (Å²) in [5.41, 5.74) is 12.4.